The first-order valence-electron chi connectivity index (χ1n) is 4.69. The van der Waals surface area contributed by atoms with Gasteiger partial charge in [0.25, 0.3) is 0 Å². The zero-order valence-corrected chi connectivity index (χ0v) is 8.34. The van der Waals surface area contributed by atoms with E-state index in [0.29, 0.717) is 5.56 Å². The summed E-state index contributed by atoms with van der Waals surface area (Å²) >= 11 is 0. The molecule has 80 valence electrons. The fraction of sp³-hybridized carbons (Fsp3) is 0. The Morgan fingerprint density at radius 2 is 1.88 bits per heavy atom. The molecule has 4 heteroatoms. The van der Waals surface area contributed by atoms with Gasteiger partial charge in [-0.1, -0.05) is 18.2 Å². The molecule has 0 spiro atoms. The van der Waals surface area contributed by atoms with Crippen LogP contribution in [0.1, 0.15) is 11.1 Å². The maximum Gasteiger partial charge on any atom is 0.165 e. The highest BCUT2D eigenvalue weighted by Gasteiger charge is 1.98. The number of benzene rings is 1. The number of nitrogens with zero attached hydrogens (tertiary/aromatic N) is 2. The molecule has 0 aliphatic carbocycles. The molecule has 0 saturated carbocycles. The standard InChI is InChI=1S/C12H9FN2O/c13-11-7-9(3-4-12(11)16)1-2-10-5-6-14-15-8-10/h1-8,16H. The molecule has 0 unspecified atom stereocenters. The summed E-state index contributed by atoms with van der Waals surface area (Å²) in [6, 6.07) is 6.00. The summed E-state index contributed by atoms with van der Waals surface area (Å²) in [4.78, 5) is 0. The lowest BCUT2D eigenvalue weighted by atomic mass is 10.1. The van der Waals surface area contributed by atoms with Gasteiger partial charge in [0.2, 0.25) is 0 Å². The van der Waals surface area contributed by atoms with Gasteiger partial charge in [-0.3, -0.25) is 0 Å². The molecule has 0 aliphatic rings. The highest BCUT2D eigenvalue weighted by Crippen LogP contribution is 2.17. The summed E-state index contributed by atoms with van der Waals surface area (Å²) in [5, 5.41) is 16.4. The Kier molecular flexibility index (Phi) is 2.91. The van der Waals surface area contributed by atoms with Gasteiger partial charge in [-0.15, -0.1) is 0 Å². The van der Waals surface area contributed by atoms with Gasteiger partial charge in [-0.05, 0) is 29.3 Å². The van der Waals surface area contributed by atoms with Crippen LogP contribution in [0.25, 0.3) is 12.2 Å². The molecule has 1 heterocycles. The molecule has 0 fully saturated rings. The predicted molar refractivity (Wildman–Crippen MR) is 59.0 cm³/mol. The van der Waals surface area contributed by atoms with Gasteiger partial charge >= 0.3 is 0 Å². The smallest absolute Gasteiger partial charge is 0.165 e. The Bertz CT molecular complexity index is 512. The molecule has 16 heavy (non-hydrogen) atoms. The quantitative estimate of drug-likeness (QED) is 0.838. The van der Waals surface area contributed by atoms with Gasteiger partial charge in [0.15, 0.2) is 11.6 Å². The van der Waals surface area contributed by atoms with Crippen molar-refractivity contribution in [3.8, 4) is 5.75 Å². The minimum Gasteiger partial charge on any atom is -0.505 e. The topological polar surface area (TPSA) is 46.0 Å². The molecule has 2 aromatic rings. The molecule has 3 nitrogen and oxygen atoms in total. The lowest BCUT2D eigenvalue weighted by molar-refractivity contribution is 0.432. The molecular formula is C12H9FN2O. The van der Waals surface area contributed by atoms with Crippen molar-refractivity contribution >= 4 is 12.2 Å². The summed E-state index contributed by atoms with van der Waals surface area (Å²) in [7, 11) is 0. The predicted octanol–water partition coefficient (Wildman–Crippen LogP) is 2.49. The molecule has 0 radical (unpaired) electrons. The summed E-state index contributed by atoms with van der Waals surface area (Å²) in [5.41, 5.74) is 1.55. The van der Waals surface area contributed by atoms with E-state index in [1.165, 1.54) is 12.1 Å². The van der Waals surface area contributed by atoms with Crippen molar-refractivity contribution in [2.24, 2.45) is 0 Å². The number of halogens is 1. The van der Waals surface area contributed by atoms with Crippen LogP contribution in [-0.2, 0) is 0 Å². The summed E-state index contributed by atoms with van der Waals surface area (Å²) < 4.78 is 13.0. The number of aromatic nitrogens is 2. The van der Waals surface area contributed by atoms with Crippen LogP contribution in [-0.4, -0.2) is 15.3 Å². The molecule has 0 amide bonds. The Morgan fingerprint density at radius 1 is 1.06 bits per heavy atom. The molecule has 2 rings (SSSR count). The molecule has 0 atom stereocenters. The molecule has 0 aliphatic heterocycles. The number of aromatic hydroxyl groups is 1. The van der Waals surface area contributed by atoms with Gasteiger partial charge in [-0.25, -0.2) is 4.39 Å². The number of rotatable bonds is 2. The Labute approximate surface area is 91.9 Å². The van der Waals surface area contributed by atoms with Gasteiger partial charge in [0.1, 0.15) is 0 Å². The maximum atomic E-state index is 13.0. The van der Waals surface area contributed by atoms with Crippen molar-refractivity contribution in [1.82, 2.24) is 10.2 Å². The first-order valence-corrected chi connectivity index (χ1v) is 4.69. The zero-order chi connectivity index (χ0) is 11.4. The zero-order valence-electron chi connectivity index (χ0n) is 8.34. The van der Waals surface area contributed by atoms with Crippen molar-refractivity contribution in [3.63, 3.8) is 0 Å². The monoisotopic (exact) mass is 216 g/mol. The van der Waals surface area contributed by atoms with Crippen LogP contribution in [0.15, 0.2) is 36.7 Å². The van der Waals surface area contributed by atoms with Crippen molar-refractivity contribution in [1.29, 1.82) is 0 Å². The minimum atomic E-state index is -0.630. The number of phenols is 1. The summed E-state index contributed by atoms with van der Waals surface area (Å²) in [6.07, 6.45) is 6.71. The second-order valence-electron chi connectivity index (χ2n) is 3.22. The molecule has 1 aromatic carbocycles. The third-order valence-electron chi connectivity index (χ3n) is 2.05. The normalized spacial score (nSPS) is 10.8. The Balaban J connectivity index is 2.21. The molecule has 0 saturated heterocycles. The lowest BCUT2D eigenvalue weighted by Gasteiger charge is -1.96. The Hall–Kier alpha value is -2.23. The fourth-order valence-electron chi connectivity index (χ4n) is 1.22. The largest absolute Gasteiger partial charge is 0.505 e. The number of hydrogen-bond acceptors (Lipinski definition) is 3. The van der Waals surface area contributed by atoms with E-state index >= 15 is 0 Å². The van der Waals surface area contributed by atoms with Crippen LogP contribution in [0, 0.1) is 5.82 Å². The SMILES string of the molecule is Oc1ccc(C=Cc2ccnnc2)cc1F. The number of phenolic OH excluding ortho intramolecular Hbond substituents is 1. The highest BCUT2D eigenvalue weighted by atomic mass is 19.1. The second kappa shape index (κ2) is 4.53. The van der Waals surface area contributed by atoms with Crippen LogP contribution in [0.2, 0.25) is 0 Å². The van der Waals surface area contributed by atoms with Crippen LogP contribution < -0.4 is 0 Å². The molecular weight excluding hydrogens is 207 g/mol. The van der Waals surface area contributed by atoms with Crippen LogP contribution >= 0.6 is 0 Å². The van der Waals surface area contributed by atoms with E-state index < -0.39 is 5.82 Å². The summed E-state index contributed by atoms with van der Waals surface area (Å²) in [6.45, 7) is 0. The third kappa shape index (κ3) is 2.42. The van der Waals surface area contributed by atoms with E-state index in [4.69, 9.17) is 5.11 Å². The molecule has 1 aromatic heterocycles. The van der Waals surface area contributed by atoms with Crippen molar-refractivity contribution in [2.75, 3.05) is 0 Å². The average Bonchev–Trinajstić information content (AvgIpc) is 2.32. The molecule has 1 N–H and O–H groups in total. The summed E-state index contributed by atoms with van der Waals surface area (Å²) in [5.74, 6) is -0.974. The first-order chi connectivity index (χ1) is 7.75. The van der Waals surface area contributed by atoms with Crippen molar-refractivity contribution < 1.29 is 9.50 Å². The van der Waals surface area contributed by atoms with Crippen LogP contribution in [0.4, 0.5) is 4.39 Å². The highest BCUT2D eigenvalue weighted by molar-refractivity contribution is 5.69. The van der Waals surface area contributed by atoms with Crippen LogP contribution in [0.3, 0.4) is 0 Å². The van der Waals surface area contributed by atoms with E-state index in [1.54, 1.807) is 36.7 Å². The van der Waals surface area contributed by atoms with E-state index in [2.05, 4.69) is 10.2 Å². The average molecular weight is 216 g/mol. The van der Waals surface area contributed by atoms with Gasteiger partial charge in [-0.2, -0.15) is 10.2 Å². The Morgan fingerprint density at radius 3 is 2.56 bits per heavy atom. The third-order valence-corrected chi connectivity index (χ3v) is 2.05. The lowest BCUT2D eigenvalue weighted by Crippen LogP contribution is -1.80. The first kappa shape index (κ1) is 10.3. The van der Waals surface area contributed by atoms with E-state index in [0.717, 1.165) is 5.56 Å². The second-order valence-corrected chi connectivity index (χ2v) is 3.22. The minimum absolute atomic E-state index is 0.345. The van der Waals surface area contributed by atoms with Crippen molar-refractivity contribution in [2.45, 2.75) is 0 Å². The van der Waals surface area contributed by atoms with Gasteiger partial charge in [0, 0.05) is 0 Å². The number of hydrogen-bond donors (Lipinski definition) is 1. The molecule has 0 bridgehead atoms. The van der Waals surface area contributed by atoms with Gasteiger partial charge < -0.3 is 5.11 Å². The van der Waals surface area contributed by atoms with Crippen LogP contribution in [0.5, 0.6) is 5.75 Å². The van der Waals surface area contributed by atoms with E-state index in [9.17, 15) is 4.39 Å². The van der Waals surface area contributed by atoms with E-state index in [-0.39, 0.29) is 5.75 Å². The fourth-order valence-corrected chi connectivity index (χ4v) is 1.22. The van der Waals surface area contributed by atoms with Gasteiger partial charge in [0.05, 0.1) is 12.4 Å². The van der Waals surface area contributed by atoms with E-state index in [1.807, 2.05) is 0 Å². The maximum absolute atomic E-state index is 13.0. The van der Waals surface area contributed by atoms with Crippen molar-refractivity contribution in [3.05, 3.63) is 53.6 Å².